The predicted molar refractivity (Wildman–Crippen MR) is 212 cm³/mol. The standard InChI is InChI=1S/C16H23NO2.C10H18O.C7H7F.C6H13NO2.2C2H6/c1-2-5-15-10-9-14-7-3-6-13(16(14)19-15)8-4-11-17-12-18;1-8(9(2)11)10-6-4-3-5-7-10;1-6-2-4-7(8)5-3-6;1-3-7-6(9)5(2)4-8;2*1-2/h3,6-7,12,15H,2,4-5,8-11H2,1H3,(H,17,18);8,10H,3-7H2,1-2H3;2-5H,1H3;5,8H,3-4H2,1-2H3,(H,7,9);2*1-2H3. The van der Waals surface area contributed by atoms with E-state index in [0.717, 1.165) is 56.4 Å². The molecule has 3 N–H and O–H groups in total. The molecule has 3 unspecified atom stereocenters. The first kappa shape index (κ1) is 49.9. The van der Waals surface area contributed by atoms with Crippen molar-refractivity contribution in [3.8, 4) is 5.75 Å². The topological polar surface area (TPSA) is 105 Å². The summed E-state index contributed by atoms with van der Waals surface area (Å²) in [7, 11) is 0. The monoisotopic (exact) mass is 717 g/mol. The lowest BCUT2D eigenvalue weighted by Crippen LogP contribution is -2.30. The lowest BCUT2D eigenvalue weighted by molar-refractivity contribution is -0.125. The zero-order valence-corrected chi connectivity index (χ0v) is 33.8. The number of benzene rings is 2. The number of aliphatic hydroxyl groups excluding tert-OH is 1. The number of carbonyl (C=O) groups excluding carboxylic acids is 3. The molecule has 3 atom stereocenters. The normalized spacial score (nSPS) is 15.4. The van der Waals surface area contributed by atoms with E-state index in [0.29, 0.717) is 30.3 Å². The van der Waals surface area contributed by atoms with Gasteiger partial charge in [0.25, 0.3) is 0 Å². The van der Waals surface area contributed by atoms with Gasteiger partial charge < -0.3 is 20.5 Å². The second-order valence-electron chi connectivity index (χ2n) is 12.7. The number of fused-ring (bicyclic) bond motifs is 1. The number of hydrogen-bond donors (Lipinski definition) is 3. The average molecular weight is 717 g/mol. The number of halogens is 1. The smallest absolute Gasteiger partial charge is 0.225 e. The molecule has 2 aliphatic rings. The molecule has 2 aromatic carbocycles. The summed E-state index contributed by atoms with van der Waals surface area (Å²) in [5.74, 6) is 1.97. The summed E-state index contributed by atoms with van der Waals surface area (Å²) in [5, 5.41) is 13.8. The summed E-state index contributed by atoms with van der Waals surface area (Å²) in [6.07, 6.45) is 14.2. The van der Waals surface area contributed by atoms with Gasteiger partial charge >= 0.3 is 0 Å². The number of ether oxygens (including phenoxy) is 1. The van der Waals surface area contributed by atoms with Crippen molar-refractivity contribution >= 4 is 18.1 Å². The number of aryl methyl sites for hydroxylation is 3. The van der Waals surface area contributed by atoms with Crippen molar-refractivity contribution in [2.45, 2.75) is 146 Å². The first-order valence-corrected chi connectivity index (χ1v) is 19.6. The molecule has 0 spiro atoms. The molecular formula is C43H73FN2O5. The molecule has 292 valence electrons. The SMILES string of the molecule is CC.CC.CC(=O)C(C)C1CCCCC1.CCCC1CCc2cccc(CCCNC=O)c2O1.CCNC(=O)C(C)CO.Cc1ccc(F)cc1. The third-order valence-electron chi connectivity index (χ3n) is 8.74. The molecule has 2 amide bonds. The van der Waals surface area contributed by atoms with Crippen LogP contribution in [0.25, 0.3) is 0 Å². The fraction of sp³-hybridized carbons (Fsp3) is 0.651. The molecule has 0 aromatic heterocycles. The molecule has 7 nitrogen and oxygen atoms in total. The molecule has 1 fully saturated rings. The fourth-order valence-electron chi connectivity index (χ4n) is 5.62. The lowest BCUT2D eigenvalue weighted by atomic mass is 9.79. The average Bonchev–Trinajstić information content (AvgIpc) is 3.17. The number of hydrogen-bond acceptors (Lipinski definition) is 5. The largest absolute Gasteiger partial charge is 0.490 e. The van der Waals surface area contributed by atoms with Crippen LogP contribution in [-0.4, -0.2) is 49.0 Å². The Morgan fingerprint density at radius 3 is 2.12 bits per heavy atom. The van der Waals surface area contributed by atoms with E-state index in [1.165, 1.54) is 61.8 Å². The third kappa shape index (κ3) is 23.0. The molecule has 0 saturated heterocycles. The maximum atomic E-state index is 12.1. The van der Waals surface area contributed by atoms with Crippen molar-refractivity contribution < 1.29 is 28.6 Å². The summed E-state index contributed by atoms with van der Waals surface area (Å²) in [4.78, 5) is 32.0. The maximum absolute atomic E-state index is 12.1. The van der Waals surface area contributed by atoms with Crippen molar-refractivity contribution in [2.75, 3.05) is 19.7 Å². The van der Waals surface area contributed by atoms with E-state index in [-0.39, 0.29) is 24.2 Å². The minimum Gasteiger partial charge on any atom is -0.490 e. The van der Waals surface area contributed by atoms with Crippen molar-refractivity contribution in [3.63, 3.8) is 0 Å². The van der Waals surface area contributed by atoms with Crippen LogP contribution < -0.4 is 15.4 Å². The Morgan fingerprint density at radius 2 is 1.61 bits per heavy atom. The van der Waals surface area contributed by atoms with Gasteiger partial charge in [0.15, 0.2) is 0 Å². The number of nitrogens with one attached hydrogen (secondary N) is 2. The summed E-state index contributed by atoms with van der Waals surface area (Å²) in [6.45, 7) is 20.8. The highest BCUT2D eigenvalue weighted by molar-refractivity contribution is 5.78. The van der Waals surface area contributed by atoms with E-state index >= 15 is 0 Å². The van der Waals surface area contributed by atoms with Crippen LogP contribution in [-0.2, 0) is 27.2 Å². The number of amides is 2. The van der Waals surface area contributed by atoms with Crippen molar-refractivity contribution in [2.24, 2.45) is 17.8 Å². The van der Waals surface area contributed by atoms with E-state index in [2.05, 4.69) is 42.7 Å². The van der Waals surface area contributed by atoms with Gasteiger partial charge in [0.05, 0.1) is 18.6 Å². The molecule has 51 heavy (non-hydrogen) atoms. The first-order valence-electron chi connectivity index (χ1n) is 19.6. The molecule has 0 radical (unpaired) electrons. The maximum Gasteiger partial charge on any atom is 0.225 e. The van der Waals surface area contributed by atoms with Crippen molar-refractivity contribution in [1.82, 2.24) is 10.6 Å². The van der Waals surface area contributed by atoms with Crippen LogP contribution in [0, 0.1) is 30.5 Å². The van der Waals surface area contributed by atoms with E-state index < -0.39 is 0 Å². The van der Waals surface area contributed by atoms with Crippen LogP contribution >= 0.6 is 0 Å². The minimum atomic E-state index is -0.273. The Hall–Kier alpha value is -3.26. The van der Waals surface area contributed by atoms with Crippen LogP contribution in [0.5, 0.6) is 5.75 Å². The van der Waals surface area contributed by atoms with Gasteiger partial charge in [-0.25, -0.2) is 4.39 Å². The zero-order chi connectivity index (χ0) is 39.0. The second kappa shape index (κ2) is 32.6. The van der Waals surface area contributed by atoms with Gasteiger partial charge in [-0.15, -0.1) is 0 Å². The number of carbonyl (C=O) groups is 3. The van der Waals surface area contributed by atoms with E-state index in [4.69, 9.17) is 9.84 Å². The lowest BCUT2D eigenvalue weighted by Gasteiger charge is -2.28. The first-order chi connectivity index (χ1) is 24.6. The van der Waals surface area contributed by atoms with Gasteiger partial charge in [0, 0.05) is 19.0 Å². The minimum absolute atomic E-state index is 0.0775. The number of para-hydroxylation sites is 1. The molecular weight excluding hydrogens is 643 g/mol. The number of aliphatic hydroxyl groups is 1. The van der Waals surface area contributed by atoms with Gasteiger partial charge in [-0.2, -0.15) is 0 Å². The molecule has 1 aliphatic carbocycles. The highest BCUT2D eigenvalue weighted by Crippen LogP contribution is 2.33. The van der Waals surface area contributed by atoms with E-state index in [1.54, 1.807) is 26.0 Å². The Morgan fingerprint density at radius 1 is 0.980 bits per heavy atom. The van der Waals surface area contributed by atoms with Crippen molar-refractivity contribution in [3.05, 3.63) is 65.0 Å². The Balaban J connectivity index is 0. The fourth-order valence-corrected chi connectivity index (χ4v) is 5.62. The van der Waals surface area contributed by atoms with Gasteiger partial charge in [-0.05, 0) is 94.9 Å². The van der Waals surface area contributed by atoms with Crippen molar-refractivity contribution in [1.29, 1.82) is 0 Å². The van der Waals surface area contributed by atoms with Crippen LogP contribution in [0.2, 0.25) is 0 Å². The van der Waals surface area contributed by atoms with Gasteiger partial charge in [-0.1, -0.05) is 110 Å². The van der Waals surface area contributed by atoms with E-state index in [1.807, 2.05) is 41.5 Å². The van der Waals surface area contributed by atoms with E-state index in [9.17, 15) is 18.8 Å². The number of ketones is 1. The van der Waals surface area contributed by atoms with Crippen LogP contribution in [0.1, 0.15) is 137 Å². The summed E-state index contributed by atoms with van der Waals surface area (Å²) in [5.41, 5.74) is 3.71. The second-order valence-corrected chi connectivity index (χ2v) is 12.7. The van der Waals surface area contributed by atoms with Crippen LogP contribution in [0.3, 0.4) is 0 Å². The van der Waals surface area contributed by atoms with Gasteiger partial charge in [0.2, 0.25) is 12.3 Å². The Kier molecular flexibility index (Phi) is 31.9. The predicted octanol–water partition coefficient (Wildman–Crippen LogP) is 9.59. The molecule has 1 saturated carbocycles. The van der Waals surface area contributed by atoms with Crippen LogP contribution in [0.15, 0.2) is 42.5 Å². The molecule has 1 aliphatic heterocycles. The molecule has 0 bridgehead atoms. The summed E-state index contributed by atoms with van der Waals surface area (Å²) >= 11 is 0. The summed E-state index contributed by atoms with van der Waals surface area (Å²) in [6, 6.07) is 12.8. The van der Waals surface area contributed by atoms with Crippen LogP contribution in [0.4, 0.5) is 4.39 Å². The molecule has 2 aromatic rings. The quantitative estimate of drug-likeness (QED) is 0.150. The van der Waals surface area contributed by atoms with Gasteiger partial charge in [-0.3, -0.25) is 14.4 Å². The third-order valence-corrected chi connectivity index (χ3v) is 8.74. The Bertz CT molecular complexity index is 1130. The Labute approximate surface area is 310 Å². The molecule has 4 rings (SSSR count). The highest BCUT2D eigenvalue weighted by Gasteiger charge is 2.23. The number of rotatable bonds is 12. The molecule has 1 heterocycles. The zero-order valence-electron chi connectivity index (χ0n) is 33.8. The molecule has 8 heteroatoms. The van der Waals surface area contributed by atoms with Gasteiger partial charge in [0.1, 0.15) is 17.3 Å². The highest BCUT2D eigenvalue weighted by atomic mass is 19.1. The summed E-state index contributed by atoms with van der Waals surface area (Å²) < 4.78 is 18.3. The number of Topliss-reactive ketones (excluding diaryl/α,β-unsaturated/α-hetero) is 1.